The van der Waals surface area contributed by atoms with Crippen molar-refractivity contribution in [2.75, 3.05) is 0 Å². The standard InChI is InChI=1S/C12H10.C11H18N.C9H13.C6H7Ge.CH3.Hf/c1-3-7-11(8-4-1)12-9-5-2-6-10-12;1-10-3-8-2-9(4-10)6-11(12,5-8)7-10;1-6-5-7(2)9(4)8(6)3;7-6-4-2-1-3-5-6;;/h1-10H;8-9,12H,2-7H2,1H3;6H,1-4H3;1-5H,7H2;1H3;/q;-1;;;;+1. The van der Waals surface area contributed by atoms with Gasteiger partial charge in [0.05, 0.1) is 0 Å². The van der Waals surface area contributed by atoms with Crippen LogP contribution in [0.2, 0.25) is 4.68 Å². The van der Waals surface area contributed by atoms with E-state index in [2.05, 4.69) is 118 Å². The van der Waals surface area contributed by atoms with E-state index < -0.39 is 29.5 Å². The van der Waals surface area contributed by atoms with Crippen molar-refractivity contribution < 1.29 is 17.8 Å². The Balaban J connectivity index is 0.000000219. The summed E-state index contributed by atoms with van der Waals surface area (Å²) in [5.41, 5.74) is 8.61. The first-order chi connectivity index (χ1) is 20.1. The second-order valence-electron chi connectivity index (χ2n) is 15.0. The minimum atomic E-state index is -2.85. The van der Waals surface area contributed by atoms with Crippen molar-refractivity contribution in [3.63, 3.8) is 0 Å². The molecule has 3 heteroatoms. The van der Waals surface area contributed by atoms with Gasteiger partial charge in [0.2, 0.25) is 0 Å². The molecule has 4 unspecified atom stereocenters. The molecule has 3 aromatic carbocycles. The third kappa shape index (κ3) is 6.20. The van der Waals surface area contributed by atoms with E-state index in [1.54, 1.807) is 21.1 Å². The molecule has 0 aromatic heterocycles. The summed E-state index contributed by atoms with van der Waals surface area (Å²) in [5, 5.41) is 0. The maximum Gasteiger partial charge on any atom is -0.0184 e. The summed E-state index contributed by atoms with van der Waals surface area (Å²) in [6.07, 6.45) is 8.99. The van der Waals surface area contributed by atoms with Crippen molar-refractivity contribution in [2.45, 2.75) is 83.4 Å². The average Bonchev–Trinajstić information content (AvgIpc) is 3.15. The number of rotatable bonds is 6. The van der Waals surface area contributed by atoms with Gasteiger partial charge in [-0.25, -0.2) is 0 Å². The second-order valence-corrected chi connectivity index (χ2v) is 60.7. The van der Waals surface area contributed by atoms with Crippen molar-refractivity contribution in [3.05, 3.63) is 111 Å². The molecule has 5 aliphatic carbocycles. The van der Waals surface area contributed by atoms with Gasteiger partial charge in [-0.3, -0.25) is 0 Å². The molecule has 4 atom stereocenters. The molecule has 0 radical (unpaired) electrons. The van der Waals surface area contributed by atoms with Crippen molar-refractivity contribution >= 4 is 16.1 Å². The molecule has 0 aliphatic heterocycles. The zero-order valence-electron chi connectivity index (χ0n) is 26.8. The topological polar surface area (TPSA) is 12.0 Å². The first-order valence-electron chi connectivity index (χ1n) is 16.4. The summed E-state index contributed by atoms with van der Waals surface area (Å²) < 4.78 is 11.3. The van der Waals surface area contributed by atoms with Crippen LogP contribution < -0.4 is 7.70 Å². The van der Waals surface area contributed by atoms with Crippen LogP contribution in [-0.4, -0.2) is 17.3 Å². The van der Waals surface area contributed by atoms with E-state index in [1.807, 2.05) is 15.5 Å². The van der Waals surface area contributed by atoms with E-state index in [1.165, 1.54) is 49.7 Å². The Labute approximate surface area is 264 Å². The van der Waals surface area contributed by atoms with Gasteiger partial charge in [-0.1, -0.05) is 60.7 Å². The minimum absolute atomic E-state index is 0.479. The molecule has 4 saturated carbocycles. The smallest absolute Gasteiger partial charge is 0.0184 e. The van der Waals surface area contributed by atoms with Gasteiger partial charge in [-0.2, -0.15) is 0 Å². The fraction of sp³-hybridized carbons (Fsp3) is 0.436. The van der Waals surface area contributed by atoms with Crippen LogP contribution in [0.5, 0.6) is 0 Å². The maximum absolute atomic E-state index is 4.78. The van der Waals surface area contributed by atoms with Crippen LogP contribution in [-0.2, 0) is 17.8 Å². The van der Waals surface area contributed by atoms with Gasteiger partial charge in [0.25, 0.3) is 0 Å². The Kier molecular flexibility index (Phi) is 8.82. The van der Waals surface area contributed by atoms with E-state index in [0.29, 0.717) is 16.9 Å². The Hall–Kier alpha value is -1.49. The largest absolute Gasteiger partial charge is 0.0622 e. The molecular weight excluding hydrogens is 734 g/mol. The number of benzene rings is 3. The molecule has 1 nitrogen and oxygen atoms in total. The van der Waals surface area contributed by atoms with Crippen molar-refractivity contribution in [1.82, 2.24) is 3.30 Å². The van der Waals surface area contributed by atoms with Gasteiger partial charge in [-0.15, -0.1) is 0 Å². The molecule has 4 bridgehead atoms. The van der Waals surface area contributed by atoms with Crippen LogP contribution in [0.1, 0.15) is 73.1 Å². The SMILES string of the molecule is CC1=C(C)C(C)[C]([Hf]([CH3])([NH]C23CC4CC(CC(C)(C4)C2)C3)[GeH2][c]2ccccc2)=C1C.c1ccc(-c2ccccc2)cc1. The summed E-state index contributed by atoms with van der Waals surface area (Å²) in [5.74, 6) is 2.69. The predicted octanol–water partition coefficient (Wildman–Crippen LogP) is 9.07. The Morgan fingerprint density at radius 3 is 1.67 bits per heavy atom. The van der Waals surface area contributed by atoms with Gasteiger partial charge in [-0.05, 0) is 11.1 Å². The summed E-state index contributed by atoms with van der Waals surface area (Å²) in [6, 6.07) is 32.5. The van der Waals surface area contributed by atoms with E-state index in [4.69, 9.17) is 3.30 Å². The summed E-state index contributed by atoms with van der Waals surface area (Å²) in [6.45, 7) is 12.4. The fourth-order valence-corrected chi connectivity index (χ4v) is 68.2. The molecule has 8 rings (SSSR count). The molecule has 3 aromatic rings. The molecular formula is C39H51GeHfN. The van der Waals surface area contributed by atoms with Gasteiger partial charge >= 0.3 is 194 Å². The zero-order chi connectivity index (χ0) is 29.5. The summed E-state index contributed by atoms with van der Waals surface area (Å²) in [4.78, 5) is 0. The molecule has 0 saturated heterocycles. The van der Waals surface area contributed by atoms with E-state index in [0.717, 1.165) is 11.8 Å². The van der Waals surface area contributed by atoms with Crippen molar-refractivity contribution in [1.29, 1.82) is 0 Å². The van der Waals surface area contributed by atoms with Crippen LogP contribution >= 0.6 is 0 Å². The van der Waals surface area contributed by atoms with Gasteiger partial charge < -0.3 is 0 Å². The Morgan fingerprint density at radius 2 is 1.21 bits per heavy atom. The van der Waals surface area contributed by atoms with Crippen LogP contribution in [0.4, 0.5) is 0 Å². The molecule has 220 valence electrons. The molecule has 0 spiro atoms. The third-order valence-electron chi connectivity index (χ3n) is 11.4. The molecule has 42 heavy (non-hydrogen) atoms. The zero-order valence-corrected chi connectivity index (χ0v) is 33.4. The van der Waals surface area contributed by atoms with Crippen molar-refractivity contribution in [2.24, 2.45) is 23.2 Å². The van der Waals surface area contributed by atoms with Gasteiger partial charge in [0.15, 0.2) is 0 Å². The minimum Gasteiger partial charge on any atom is -0.0622 e. The Morgan fingerprint density at radius 1 is 0.714 bits per heavy atom. The van der Waals surface area contributed by atoms with E-state index in [9.17, 15) is 0 Å². The first kappa shape index (κ1) is 30.5. The summed E-state index contributed by atoms with van der Waals surface area (Å²) >= 11 is -3.73. The quantitative estimate of drug-likeness (QED) is 0.246. The Bertz CT molecular complexity index is 1410. The molecule has 0 heterocycles. The first-order valence-corrected chi connectivity index (χ1v) is 39.8. The normalized spacial score (nSPS) is 31.4. The van der Waals surface area contributed by atoms with Crippen LogP contribution in [0.25, 0.3) is 11.1 Å². The molecule has 1 N–H and O–H groups in total. The van der Waals surface area contributed by atoms with Crippen LogP contribution in [0.3, 0.4) is 0 Å². The fourth-order valence-electron chi connectivity index (χ4n) is 10.2. The predicted molar refractivity (Wildman–Crippen MR) is 181 cm³/mol. The van der Waals surface area contributed by atoms with Gasteiger partial charge in [0.1, 0.15) is 0 Å². The average molecular weight is 785 g/mol. The van der Waals surface area contributed by atoms with Crippen molar-refractivity contribution in [3.8, 4) is 11.1 Å². The van der Waals surface area contributed by atoms with E-state index >= 15 is 0 Å². The number of allylic oxidation sites excluding steroid dienone is 4. The number of hydrogen-bond donors (Lipinski definition) is 1. The maximum atomic E-state index is 4.78. The summed E-state index contributed by atoms with van der Waals surface area (Å²) in [7, 11) is 0. The van der Waals surface area contributed by atoms with E-state index in [-0.39, 0.29) is 0 Å². The number of hydrogen-bond acceptors (Lipinski definition) is 1. The molecule has 4 fully saturated rings. The number of nitrogens with one attached hydrogen (secondary N) is 1. The van der Waals surface area contributed by atoms with Crippen LogP contribution in [0, 0.1) is 23.2 Å². The molecule has 5 aliphatic rings. The molecule has 0 amide bonds. The van der Waals surface area contributed by atoms with Crippen LogP contribution in [0.15, 0.2) is 111 Å². The van der Waals surface area contributed by atoms with Gasteiger partial charge in [0, 0.05) is 0 Å². The second kappa shape index (κ2) is 12.1. The third-order valence-corrected chi connectivity index (χ3v) is 56.2. The monoisotopic (exact) mass is 787 g/mol.